The number of aliphatic hydroxyl groups excluding tert-OH is 1. The van der Waals surface area contributed by atoms with Crippen LogP contribution in [0.2, 0.25) is 5.02 Å². The van der Waals surface area contributed by atoms with E-state index in [1.165, 1.54) is 18.2 Å². The second-order valence-corrected chi connectivity index (χ2v) is 7.96. The fraction of sp³-hybridized carbons (Fsp3) is 0.400. The molecule has 1 unspecified atom stereocenters. The van der Waals surface area contributed by atoms with Gasteiger partial charge in [0.2, 0.25) is 0 Å². The quantitative estimate of drug-likeness (QED) is 0.547. The lowest BCUT2D eigenvalue weighted by molar-refractivity contribution is 0.00706. The number of rotatable bonds is 5. The first-order valence-corrected chi connectivity index (χ1v) is 10.1. The Morgan fingerprint density at radius 2 is 1.97 bits per heavy atom. The molecule has 1 aromatic carbocycles. The van der Waals surface area contributed by atoms with Crippen molar-refractivity contribution in [1.82, 2.24) is 15.0 Å². The van der Waals surface area contributed by atoms with Crippen LogP contribution in [0.3, 0.4) is 0 Å². The van der Waals surface area contributed by atoms with Crippen LogP contribution < -0.4 is 10.1 Å². The number of imidazole rings is 1. The van der Waals surface area contributed by atoms with Crippen molar-refractivity contribution in [1.29, 1.82) is 0 Å². The van der Waals surface area contributed by atoms with Gasteiger partial charge in [-0.25, -0.2) is 13.8 Å². The van der Waals surface area contributed by atoms with Gasteiger partial charge in [0, 0.05) is 5.56 Å². The van der Waals surface area contributed by atoms with E-state index in [0.29, 0.717) is 11.2 Å². The summed E-state index contributed by atoms with van der Waals surface area (Å²) in [5.41, 5.74) is 0.727. The largest absolute Gasteiger partial charge is 0.456 e. The number of nitrogens with zero attached hydrogens (tertiary/aromatic N) is 2. The molecule has 3 N–H and O–H groups in total. The predicted octanol–water partition coefficient (Wildman–Crippen LogP) is 2.97. The van der Waals surface area contributed by atoms with Crippen molar-refractivity contribution in [3.05, 3.63) is 46.5 Å². The van der Waals surface area contributed by atoms with Gasteiger partial charge in [-0.1, -0.05) is 17.7 Å². The summed E-state index contributed by atoms with van der Waals surface area (Å²) in [4.78, 5) is 11.7. The molecule has 2 aliphatic heterocycles. The van der Waals surface area contributed by atoms with E-state index in [1.807, 2.05) is 0 Å². The molecule has 2 aromatic heterocycles. The Morgan fingerprint density at radius 3 is 2.74 bits per heavy atom. The van der Waals surface area contributed by atoms with Crippen molar-refractivity contribution in [2.24, 2.45) is 0 Å². The van der Waals surface area contributed by atoms with E-state index in [4.69, 9.17) is 25.8 Å². The molecule has 2 aliphatic rings. The molecule has 0 amide bonds. The number of hydrogen-bond donors (Lipinski definition) is 3. The van der Waals surface area contributed by atoms with Crippen LogP contribution in [0.4, 0.5) is 14.6 Å². The van der Waals surface area contributed by atoms with Gasteiger partial charge in [0.1, 0.15) is 35.8 Å². The number of anilines is 1. The zero-order valence-corrected chi connectivity index (χ0v) is 17.1. The van der Waals surface area contributed by atoms with E-state index in [2.05, 4.69) is 20.3 Å². The number of hydrogen-bond acceptors (Lipinski definition) is 7. The van der Waals surface area contributed by atoms with Crippen molar-refractivity contribution in [3.63, 3.8) is 0 Å². The molecule has 8 nitrogen and oxygen atoms in total. The minimum absolute atomic E-state index is 0.110. The van der Waals surface area contributed by atoms with Gasteiger partial charge in [-0.05, 0) is 25.1 Å². The Morgan fingerprint density at radius 1 is 1.23 bits per heavy atom. The van der Waals surface area contributed by atoms with Crippen LogP contribution >= 0.6 is 11.6 Å². The Balaban J connectivity index is 1.36. The number of halogens is 3. The van der Waals surface area contributed by atoms with Gasteiger partial charge in [-0.15, -0.1) is 0 Å². The van der Waals surface area contributed by atoms with Gasteiger partial charge in [0.05, 0.1) is 29.8 Å². The minimum atomic E-state index is -0.725. The Bertz CT molecular complexity index is 1110. The van der Waals surface area contributed by atoms with Crippen molar-refractivity contribution in [3.8, 4) is 6.01 Å². The molecule has 2 fully saturated rings. The molecule has 0 bridgehead atoms. The van der Waals surface area contributed by atoms with E-state index < -0.39 is 36.0 Å². The predicted molar refractivity (Wildman–Crippen MR) is 107 cm³/mol. The van der Waals surface area contributed by atoms with Crippen LogP contribution in [0, 0.1) is 11.6 Å². The molecule has 0 spiro atoms. The highest BCUT2D eigenvalue weighted by atomic mass is 35.5. The highest BCUT2D eigenvalue weighted by Gasteiger charge is 2.48. The number of aromatic nitrogens is 3. The lowest BCUT2D eigenvalue weighted by Crippen LogP contribution is -2.34. The number of H-pyrrole nitrogens is 1. The molecule has 0 saturated carbocycles. The molecule has 0 aliphatic carbocycles. The summed E-state index contributed by atoms with van der Waals surface area (Å²) in [5.74, 6) is -1.10. The van der Waals surface area contributed by atoms with E-state index in [9.17, 15) is 13.9 Å². The molecule has 0 radical (unpaired) electrons. The number of pyridine rings is 1. The fourth-order valence-corrected chi connectivity index (χ4v) is 4.15. The van der Waals surface area contributed by atoms with Crippen LogP contribution in [0.15, 0.2) is 24.3 Å². The molecular weight excluding hydrogens is 434 g/mol. The Labute approximate surface area is 180 Å². The van der Waals surface area contributed by atoms with Crippen LogP contribution in [-0.2, 0) is 9.47 Å². The molecular formula is C20H19ClF2N4O4. The Hall–Kier alpha value is -2.53. The number of nitrogens with one attached hydrogen (secondary N) is 2. The number of benzene rings is 1. The Kier molecular flexibility index (Phi) is 5.17. The third-order valence-corrected chi connectivity index (χ3v) is 5.72. The molecule has 2 saturated heterocycles. The van der Waals surface area contributed by atoms with Crippen LogP contribution in [0.1, 0.15) is 18.5 Å². The van der Waals surface area contributed by atoms with Crippen LogP contribution in [0.25, 0.3) is 11.2 Å². The average Bonchev–Trinajstić information content (AvgIpc) is 3.39. The first kappa shape index (κ1) is 20.4. The van der Waals surface area contributed by atoms with Gasteiger partial charge in [0.25, 0.3) is 6.01 Å². The van der Waals surface area contributed by atoms with Crippen molar-refractivity contribution in [2.45, 2.75) is 37.4 Å². The van der Waals surface area contributed by atoms with E-state index in [1.54, 1.807) is 13.0 Å². The fourth-order valence-electron chi connectivity index (χ4n) is 3.94. The van der Waals surface area contributed by atoms with Crippen LogP contribution in [0.5, 0.6) is 6.01 Å². The third-order valence-electron chi connectivity index (χ3n) is 5.44. The molecule has 3 aromatic rings. The number of fused-ring (bicyclic) bond motifs is 2. The monoisotopic (exact) mass is 452 g/mol. The summed E-state index contributed by atoms with van der Waals surface area (Å²) in [5, 5.41) is 13.0. The van der Waals surface area contributed by atoms with Gasteiger partial charge in [-0.2, -0.15) is 4.98 Å². The molecule has 164 valence electrons. The summed E-state index contributed by atoms with van der Waals surface area (Å²) in [6.07, 6.45) is -1.91. The molecule has 11 heteroatoms. The van der Waals surface area contributed by atoms with Crippen molar-refractivity contribution < 1.29 is 28.1 Å². The number of aliphatic hydroxyl groups is 1. The smallest absolute Gasteiger partial charge is 0.296 e. The topological polar surface area (TPSA) is 102 Å². The maximum atomic E-state index is 14.1. The van der Waals surface area contributed by atoms with Gasteiger partial charge in [-0.3, -0.25) is 0 Å². The van der Waals surface area contributed by atoms with E-state index in [0.717, 1.165) is 0 Å². The second-order valence-electron chi connectivity index (χ2n) is 7.55. The van der Waals surface area contributed by atoms with E-state index in [-0.39, 0.29) is 41.7 Å². The van der Waals surface area contributed by atoms with E-state index >= 15 is 0 Å². The van der Waals surface area contributed by atoms with Gasteiger partial charge in [0.15, 0.2) is 11.8 Å². The zero-order valence-electron chi connectivity index (χ0n) is 16.3. The minimum Gasteiger partial charge on any atom is -0.456 e. The first-order chi connectivity index (χ1) is 14.9. The lowest BCUT2D eigenvalue weighted by atomic mass is 10.1. The molecule has 5 atom stereocenters. The summed E-state index contributed by atoms with van der Waals surface area (Å²) >= 11 is 6.31. The highest BCUT2D eigenvalue weighted by Crippen LogP contribution is 2.32. The molecule has 4 heterocycles. The van der Waals surface area contributed by atoms with Gasteiger partial charge < -0.3 is 29.6 Å². The first-order valence-electron chi connectivity index (χ1n) is 9.75. The summed E-state index contributed by atoms with van der Waals surface area (Å²) in [7, 11) is 0. The van der Waals surface area contributed by atoms with Crippen molar-refractivity contribution in [2.75, 3.05) is 18.5 Å². The van der Waals surface area contributed by atoms with Crippen LogP contribution in [-0.4, -0.2) is 57.7 Å². The SMILES string of the molecule is C[C@H](Nc1nc2nc(O[C@@H]3CO[C@H]4C3OC[C@H]4O)[nH]c2cc1Cl)c1c(F)cccc1F. The molecule has 5 rings (SSSR count). The molecule has 31 heavy (non-hydrogen) atoms. The normalized spacial score (nSPS) is 26.2. The highest BCUT2D eigenvalue weighted by molar-refractivity contribution is 6.33. The number of aromatic amines is 1. The lowest BCUT2D eigenvalue weighted by Gasteiger charge is -2.17. The third kappa shape index (κ3) is 3.69. The number of ether oxygens (including phenoxy) is 3. The summed E-state index contributed by atoms with van der Waals surface area (Å²) in [6.45, 7) is 2.06. The maximum absolute atomic E-state index is 14.1. The second kappa shape index (κ2) is 7.86. The van der Waals surface area contributed by atoms with Gasteiger partial charge >= 0.3 is 0 Å². The average molecular weight is 453 g/mol. The maximum Gasteiger partial charge on any atom is 0.296 e. The summed E-state index contributed by atoms with van der Waals surface area (Å²) in [6, 6.07) is 4.76. The standard InChI is InChI=1S/C20H19ClF2N4O4/c1-8(15-10(22)3-2-4-11(15)23)24-18-9(21)5-12-19(26-18)27-20(25-12)31-14-7-30-16-13(28)6-29-17(14)16/h2-5,8,13-14,16-17,28H,6-7H2,1H3,(H2,24,25,26,27)/t8-,13+,14+,16+,17?/m0/s1. The summed E-state index contributed by atoms with van der Waals surface area (Å²) < 4.78 is 45.1. The van der Waals surface area contributed by atoms with Crippen molar-refractivity contribution >= 4 is 28.6 Å². The zero-order chi connectivity index (χ0) is 21.7.